The van der Waals surface area contributed by atoms with E-state index in [-0.39, 0.29) is 34.7 Å². The molecule has 43 heavy (non-hydrogen) atoms. The summed E-state index contributed by atoms with van der Waals surface area (Å²) in [4.78, 5) is 41.0. The first-order valence-electron chi connectivity index (χ1n) is 14.9. The largest absolute Gasteiger partial charge is 0.490 e. The van der Waals surface area contributed by atoms with Crippen LogP contribution in [0.15, 0.2) is 58.9 Å². The Balaban J connectivity index is 1.63. The van der Waals surface area contributed by atoms with Crippen molar-refractivity contribution in [1.82, 2.24) is 4.90 Å². The number of benzene rings is 2. The minimum atomic E-state index is -0.474. The molecule has 0 saturated carbocycles. The van der Waals surface area contributed by atoms with Gasteiger partial charge in [-0.15, -0.1) is 0 Å². The van der Waals surface area contributed by atoms with Crippen molar-refractivity contribution in [3.63, 3.8) is 0 Å². The van der Waals surface area contributed by atoms with Crippen molar-refractivity contribution < 1.29 is 24.0 Å². The lowest BCUT2D eigenvalue weighted by atomic mass is 9.63. The van der Waals surface area contributed by atoms with Gasteiger partial charge >= 0.3 is 0 Å². The molecule has 0 N–H and O–H groups in total. The maximum absolute atomic E-state index is 14.0. The molecule has 228 valence electrons. The van der Waals surface area contributed by atoms with E-state index in [4.69, 9.17) is 9.47 Å². The zero-order chi connectivity index (χ0) is 31.3. The van der Waals surface area contributed by atoms with Gasteiger partial charge in [0, 0.05) is 60.0 Å². The van der Waals surface area contributed by atoms with Crippen molar-refractivity contribution in [2.75, 3.05) is 13.2 Å². The minimum Gasteiger partial charge on any atom is -0.490 e. The third-order valence-electron chi connectivity index (χ3n) is 8.51. The number of ketones is 2. The van der Waals surface area contributed by atoms with Crippen LogP contribution in [0.1, 0.15) is 84.3 Å². The molecule has 2 aliphatic carbocycles. The summed E-state index contributed by atoms with van der Waals surface area (Å²) >= 11 is 2.21. The summed E-state index contributed by atoms with van der Waals surface area (Å²) in [6.45, 7) is 13.8. The van der Waals surface area contributed by atoms with E-state index in [1.165, 1.54) is 12.1 Å². The number of hydrogen-bond donors (Lipinski definition) is 0. The molecule has 1 aliphatic heterocycles. The van der Waals surface area contributed by atoms with Crippen LogP contribution in [0.3, 0.4) is 0 Å². The van der Waals surface area contributed by atoms with E-state index in [1.807, 2.05) is 19.1 Å². The van der Waals surface area contributed by atoms with Gasteiger partial charge in [0.1, 0.15) is 6.61 Å². The van der Waals surface area contributed by atoms with Crippen LogP contribution in [0.5, 0.6) is 11.5 Å². The number of Topliss-reactive ketones (excluding diaryl/α,β-unsaturated/α-hetero) is 2. The number of nitro groups is 1. The van der Waals surface area contributed by atoms with Gasteiger partial charge in [-0.25, -0.2) is 0 Å². The second-order valence-electron chi connectivity index (χ2n) is 13.3. The van der Waals surface area contributed by atoms with Crippen LogP contribution in [0, 0.1) is 24.5 Å². The maximum atomic E-state index is 14.0. The Hall–Kier alpha value is -3.21. The topological polar surface area (TPSA) is 99.0 Å². The summed E-state index contributed by atoms with van der Waals surface area (Å²) < 4.78 is 13.1. The van der Waals surface area contributed by atoms with Crippen molar-refractivity contribution in [1.29, 1.82) is 0 Å². The van der Waals surface area contributed by atoms with E-state index < -0.39 is 10.8 Å². The summed E-state index contributed by atoms with van der Waals surface area (Å²) in [6.07, 6.45) is 2.40. The fourth-order valence-corrected chi connectivity index (χ4v) is 7.62. The summed E-state index contributed by atoms with van der Waals surface area (Å²) in [5, 5.41) is 11.3. The number of carbonyl (C=O) groups excluding carboxylic acids is 2. The number of non-ortho nitro benzene ring substituents is 1. The Morgan fingerprint density at radius 3 is 2.07 bits per heavy atom. The van der Waals surface area contributed by atoms with Gasteiger partial charge in [-0.05, 0) is 83.4 Å². The van der Waals surface area contributed by atoms with E-state index in [9.17, 15) is 19.7 Å². The van der Waals surface area contributed by atoms with Crippen molar-refractivity contribution in [3.8, 4) is 11.5 Å². The highest BCUT2D eigenvalue weighted by Gasteiger charge is 2.48. The lowest BCUT2D eigenvalue weighted by molar-refractivity contribution is -0.384. The number of nitrogens with zero attached hydrogens (tertiary/aromatic N) is 2. The lowest BCUT2D eigenvalue weighted by Gasteiger charge is -2.49. The molecule has 0 amide bonds. The summed E-state index contributed by atoms with van der Waals surface area (Å²) in [7, 11) is 0. The van der Waals surface area contributed by atoms with Gasteiger partial charge in [-0.2, -0.15) is 0 Å². The highest BCUT2D eigenvalue weighted by Crippen LogP contribution is 2.55. The maximum Gasteiger partial charge on any atom is 0.269 e. The zero-order valence-electron chi connectivity index (χ0n) is 25.7. The molecular weight excluding hydrogens is 659 g/mol. The van der Waals surface area contributed by atoms with Crippen molar-refractivity contribution >= 4 is 39.8 Å². The van der Waals surface area contributed by atoms with E-state index >= 15 is 0 Å². The van der Waals surface area contributed by atoms with Gasteiger partial charge in [0.15, 0.2) is 23.1 Å². The Morgan fingerprint density at radius 2 is 1.53 bits per heavy atom. The quantitative estimate of drug-likeness (QED) is 0.157. The molecule has 0 aromatic heterocycles. The van der Waals surface area contributed by atoms with E-state index in [0.29, 0.717) is 43.1 Å². The first kappa shape index (κ1) is 31.2. The lowest BCUT2D eigenvalue weighted by Crippen LogP contribution is -2.44. The summed E-state index contributed by atoms with van der Waals surface area (Å²) in [5.41, 5.74) is 4.71. The number of halogens is 1. The molecule has 2 aromatic carbocycles. The van der Waals surface area contributed by atoms with Crippen LogP contribution in [-0.4, -0.2) is 34.5 Å². The Morgan fingerprint density at radius 1 is 0.930 bits per heavy atom. The second kappa shape index (κ2) is 11.7. The molecule has 0 bridgehead atoms. The highest BCUT2D eigenvalue weighted by molar-refractivity contribution is 14.1. The fraction of sp³-hybridized carbons (Fsp3) is 0.471. The normalized spacial score (nSPS) is 19.7. The molecule has 0 spiro atoms. The summed E-state index contributed by atoms with van der Waals surface area (Å²) in [5.74, 6) is 0.762. The van der Waals surface area contributed by atoms with Crippen molar-refractivity contribution in [3.05, 3.63) is 83.7 Å². The number of ether oxygens (including phenoxy) is 2. The SMILES string of the molecule is CCOc1cc(C2C3=C(CC(C)(C)CC3=O)N(CC)C3=C2C(=O)CC(C)(C)C3)cc(I)c1OCc1cccc([N+](=O)[O-])c1. The third kappa shape index (κ3) is 6.10. The van der Waals surface area contributed by atoms with Gasteiger partial charge < -0.3 is 14.4 Å². The number of carbonyl (C=O) groups is 2. The van der Waals surface area contributed by atoms with E-state index in [2.05, 4.69) is 62.1 Å². The molecule has 8 nitrogen and oxygen atoms in total. The predicted molar refractivity (Wildman–Crippen MR) is 173 cm³/mol. The molecular formula is C34H39IN2O6. The summed E-state index contributed by atoms with van der Waals surface area (Å²) in [6, 6.07) is 10.3. The molecule has 0 unspecified atom stereocenters. The van der Waals surface area contributed by atoms with Crippen molar-refractivity contribution in [2.24, 2.45) is 10.8 Å². The van der Waals surface area contributed by atoms with Crippen LogP contribution >= 0.6 is 22.6 Å². The highest BCUT2D eigenvalue weighted by atomic mass is 127. The van der Waals surface area contributed by atoms with Crippen LogP contribution < -0.4 is 9.47 Å². The minimum absolute atomic E-state index is 0.00316. The molecule has 1 heterocycles. The number of rotatable bonds is 8. The number of hydrogen-bond acceptors (Lipinski definition) is 7. The van der Waals surface area contributed by atoms with E-state index in [0.717, 1.165) is 44.5 Å². The Labute approximate surface area is 266 Å². The molecule has 0 atom stereocenters. The predicted octanol–water partition coefficient (Wildman–Crippen LogP) is 7.88. The zero-order valence-corrected chi connectivity index (χ0v) is 27.9. The van der Waals surface area contributed by atoms with Gasteiger partial charge in [-0.3, -0.25) is 19.7 Å². The van der Waals surface area contributed by atoms with Gasteiger partial charge in [0.25, 0.3) is 5.69 Å². The van der Waals surface area contributed by atoms with Gasteiger partial charge in [-0.1, -0.05) is 39.8 Å². The monoisotopic (exact) mass is 698 g/mol. The average Bonchev–Trinajstić information content (AvgIpc) is 2.90. The van der Waals surface area contributed by atoms with E-state index in [1.54, 1.807) is 12.1 Å². The average molecular weight is 699 g/mol. The molecule has 2 aromatic rings. The molecule has 5 rings (SSSR count). The van der Waals surface area contributed by atoms with Crippen LogP contribution in [0.2, 0.25) is 0 Å². The standard InChI is InChI=1S/C34H39IN2O6/c1-7-36-24-15-33(3,4)17-26(38)30(24)29(31-25(36)16-34(5,6)18-27(31)39)21-13-23(35)32(28(14-21)42-8-2)43-19-20-10-9-11-22(12-20)37(40)41/h9-14,29H,7-8,15-19H2,1-6H3. The van der Waals surface area contributed by atoms with Crippen LogP contribution in [-0.2, 0) is 16.2 Å². The molecule has 3 aliphatic rings. The molecule has 0 fully saturated rings. The Bertz CT molecular complexity index is 1520. The first-order chi connectivity index (χ1) is 20.2. The smallest absolute Gasteiger partial charge is 0.269 e. The molecule has 0 radical (unpaired) electrons. The number of nitro benzene ring substituents is 1. The van der Waals surface area contributed by atoms with Crippen LogP contribution in [0.25, 0.3) is 0 Å². The fourth-order valence-electron chi connectivity index (χ4n) is 6.84. The van der Waals surface area contributed by atoms with Crippen molar-refractivity contribution in [2.45, 2.75) is 79.8 Å². The van der Waals surface area contributed by atoms with Gasteiger partial charge in [0.05, 0.1) is 15.1 Å². The third-order valence-corrected chi connectivity index (χ3v) is 9.31. The Kier molecular flexibility index (Phi) is 8.50. The second-order valence-corrected chi connectivity index (χ2v) is 14.4. The molecule has 9 heteroatoms. The molecule has 0 saturated heterocycles. The van der Waals surface area contributed by atoms with Gasteiger partial charge in [0.2, 0.25) is 0 Å². The van der Waals surface area contributed by atoms with Crippen LogP contribution in [0.4, 0.5) is 5.69 Å². The number of allylic oxidation sites excluding steroid dienone is 4. The first-order valence-corrected chi connectivity index (χ1v) is 16.0.